The van der Waals surface area contributed by atoms with Crippen molar-refractivity contribution in [2.24, 2.45) is 5.73 Å². The second-order valence-electron chi connectivity index (χ2n) is 7.98. The van der Waals surface area contributed by atoms with Gasteiger partial charge in [0.2, 0.25) is 5.91 Å². The number of hydrogen-bond donors (Lipinski definition) is 2. The number of nitriles is 1. The molecule has 176 valence electrons. The summed E-state index contributed by atoms with van der Waals surface area (Å²) in [5, 5.41) is 12.5. The number of nitrogens with two attached hydrogens (primary N) is 1. The SMILES string of the molecule is CC(=O)Nc1ccc(S(=O)(=O)N2C(N)=C(C#N)C(c3ccccc3)C2C(=O)c2ccccc2)cc1. The zero-order valence-electron chi connectivity index (χ0n) is 18.8. The average molecular weight is 487 g/mol. The summed E-state index contributed by atoms with van der Waals surface area (Å²) < 4.78 is 28.5. The Morgan fingerprint density at radius 1 is 0.943 bits per heavy atom. The van der Waals surface area contributed by atoms with Crippen molar-refractivity contribution < 1.29 is 18.0 Å². The van der Waals surface area contributed by atoms with Gasteiger partial charge in [-0.3, -0.25) is 9.59 Å². The minimum atomic E-state index is -4.35. The molecule has 3 aromatic carbocycles. The van der Waals surface area contributed by atoms with E-state index in [-0.39, 0.29) is 22.2 Å². The van der Waals surface area contributed by atoms with Crippen molar-refractivity contribution >= 4 is 27.4 Å². The molecule has 35 heavy (non-hydrogen) atoms. The first kappa shape index (κ1) is 23.7. The normalized spacial score (nSPS) is 17.7. The highest BCUT2D eigenvalue weighted by Crippen LogP contribution is 2.43. The highest BCUT2D eigenvalue weighted by atomic mass is 32.2. The summed E-state index contributed by atoms with van der Waals surface area (Å²) in [6.07, 6.45) is 0. The van der Waals surface area contributed by atoms with Crippen LogP contribution >= 0.6 is 0 Å². The van der Waals surface area contributed by atoms with Gasteiger partial charge in [-0.1, -0.05) is 60.7 Å². The average Bonchev–Trinajstić information content (AvgIpc) is 3.17. The fourth-order valence-electron chi connectivity index (χ4n) is 4.19. The van der Waals surface area contributed by atoms with E-state index in [1.165, 1.54) is 31.2 Å². The van der Waals surface area contributed by atoms with E-state index in [0.29, 0.717) is 16.8 Å². The predicted molar refractivity (Wildman–Crippen MR) is 130 cm³/mol. The molecule has 4 rings (SSSR count). The summed E-state index contributed by atoms with van der Waals surface area (Å²) in [7, 11) is -4.35. The van der Waals surface area contributed by atoms with Crippen LogP contribution in [0.15, 0.2) is 101 Å². The Morgan fingerprint density at radius 2 is 1.51 bits per heavy atom. The van der Waals surface area contributed by atoms with E-state index in [2.05, 4.69) is 5.32 Å². The Bertz CT molecular complexity index is 1440. The first-order chi connectivity index (χ1) is 16.8. The molecule has 0 saturated heterocycles. The molecule has 9 heteroatoms. The molecule has 0 radical (unpaired) electrons. The highest BCUT2D eigenvalue weighted by Gasteiger charge is 2.50. The molecule has 0 fully saturated rings. The van der Waals surface area contributed by atoms with Crippen LogP contribution in [0.4, 0.5) is 5.69 Å². The van der Waals surface area contributed by atoms with Gasteiger partial charge in [0, 0.05) is 18.2 Å². The van der Waals surface area contributed by atoms with Crippen LogP contribution in [0.5, 0.6) is 0 Å². The number of hydrogen-bond acceptors (Lipinski definition) is 6. The molecule has 0 aliphatic carbocycles. The molecular weight excluding hydrogens is 464 g/mol. The van der Waals surface area contributed by atoms with Crippen LogP contribution in [0, 0.1) is 11.3 Å². The maximum atomic E-state index is 13.8. The van der Waals surface area contributed by atoms with Crippen LogP contribution in [0.3, 0.4) is 0 Å². The highest BCUT2D eigenvalue weighted by molar-refractivity contribution is 7.89. The molecule has 8 nitrogen and oxygen atoms in total. The van der Waals surface area contributed by atoms with Crippen LogP contribution in [-0.2, 0) is 14.8 Å². The van der Waals surface area contributed by atoms with Crippen LogP contribution in [0.25, 0.3) is 0 Å². The second kappa shape index (κ2) is 9.44. The fraction of sp³-hybridized carbons (Fsp3) is 0.115. The smallest absolute Gasteiger partial charge is 0.266 e. The van der Waals surface area contributed by atoms with Gasteiger partial charge in [-0.15, -0.1) is 0 Å². The fourth-order valence-corrected chi connectivity index (χ4v) is 5.78. The number of benzene rings is 3. The van der Waals surface area contributed by atoms with Crippen LogP contribution in [-0.4, -0.2) is 30.5 Å². The van der Waals surface area contributed by atoms with E-state index in [1.807, 2.05) is 6.07 Å². The van der Waals surface area contributed by atoms with Crippen molar-refractivity contribution in [2.45, 2.75) is 23.8 Å². The largest absolute Gasteiger partial charge is 0.384 e. The van der Waals surface area contributed by atoms with Gasteiger partial charge in [-0.2, -0.15) is 5.26 Å². The lowest BCUT2D eigenvalue weighted by Gasteiger charge is -2.29. The van der Waals surface area contributed by atoms with Crippen molar-refractivity contribution in [3.8, 4) is 6.07 Å². The van der Waals surface area contributed by atoms with Gasteiger partial charge in [0.1, 0.15) is 11.9 Å². The van der Waals surface area contributed by atoms with Crippen molar-refractivity contribution in [3.05, 3.63) is 107 Å². The minimum Gasteiger partial charge on any atom is -0.384 e. The van der Waals surface area contributed by atoms with Gasteiger partial charge in [0.05, 0.1) is 22.5 Å². The molecule has 0 saturated carbocycles. The van der Waals surface area contributed by atoms with Crippen LogP contribution in [0.2, 0.25) is 0 Å². The van der Waals surface area contributed by atoms with Crippen molar-refractivity contribution in [1.29, 1.82) is 5.26 Å². The van der Waals surface area contributed by atoms with E-state index in [4.69, 9.17) is 5.73 Å². The van der Waals surface area contributed by atoms with E-state index in [9.17, 15) is 23.3 Å². The molecule has 0 bridgehead atoms. The maximum absolute atomic E-state index is 13.8. The molecule has 3 aromatic rings. The van der Waals surface area contributed by atoms with Gasteiger partial charge < -0.3 is 11.1 Å². The maximum Gasteiger partial charge on any atom is 0.266 e. The van der Waals surface area contributed by atoms with Crippen LogP contribution in [0.1, 0.15) is 28.8 Å². The summed E-state index contributed by atoms with van der Waals surface area (Å²) in [6.45, 7) is 1.34. The standard InChI is InChI=1S/C26H22N4O4S/c1-17(31)29-20-12-14-21(15-13-20)35(33,34)30-24(25(32)19-10-6-3-7-11-19)23(22(16-27)26(30)28)18-8-4-2-5-9-18/h2-15,23-24H,28H2,1H3,(H,29,31). The number of sulfonamides is 1. The second-order valence-corrected chi connectivity index (χ2v) is 9.80. The Morgan fingerprint density at radius 3 is 2.06 bits per heavy atom. The quantitative estimate of drug-likeness (QED) is 0.513. The topological polar surface area (TPSA) is 133 Å². The lowest BCUT2D eigenvalue weighted by molar-refractivity contribution is -0.114. The third-order valence-corrected chi connectivity index (χ3v) is 7.54. The molecule has 0 spiro atoms. The number of rotatable bonds is 6. The lowest BCUT2D eigenvalue weighted by atomic mass is 9.84. The Kier molecular flexibility index (Phi) is 6.40. The number of anilines is 1. The Labute approximate surface area is 203 Å². The number of ketones is 1. The zero-order chi connectivity index (χ0) is 25.2. The Hall–Kier alpha value is -4.42. The third kappa shape index (κ3) is 4.39. The zero-order valence-corrected chi connectivity index (χ0v) is 19.6. The molecule has 1 heterocycles. The predicted octanol–water partition coefficient (Wildman–Crippen LogP) is 3.38. The number of amides is 1. The van der Waals surface area contributed by atoms with Gasteiger partial charge in [-0.25, -0.2) is 12.7 Å². The summed E-state index contributed by atoms with van der Waals surface area (Å²) in [6, 6.07) is 23.3. The number of nitrogens with one attached hydrogen (secondary N) is 1. The molecule has 0 aromatic heterocycles. The van der Waals surface area contributed by atoms with Crippen molar-refractivity contribution in [2.75, 3.05) is 5.32 Å². The Balaban J connectivity index is 1.87. The van der Waals surface area contributed by atoms with E-state index < -0.39 is 27.8 Å². The number of Topliss-reactive ketones (excluding diaryl/α,β-unsaturated/α-hetero) is 1. The first-order valence-corrected chi connectivity index (χ1v) is 12.2. The molecule has 1 aliphatic heterocycles. The molecule has 2 atom stereocenters. The molecule has 1 aliphatic rings. The van der Waals surface area contributed by atoms with Crippen LogP contribution < -0.4 is 11.1 Å². The summed E-state index contributed by atoms with van der Waals surface area (Å²) in [4.78, 5) is 24.9. The molecule has 3 N–H and O–H groups in total. The molecule has 2 unspecified atom stereocenters. The van der Waals surface area contributed by atoms with Crippen molar-refractivity contribution in [3.63, 3.8) is 0 Å². The van der Waals surface area contributed by atoms with Gasteiger partial charge in [0.15, 0.2) is 5.78 Å². The third-order valence-electron chi connectivity index (χ3n) is 5.73. The summed E-state index contributed by atoms with van der Waals surface area (Å²) in [5.41, 5.74) is 7.60. The number of nitrogens with zero attached hydrogens (tertiary/aromatic N) is 2. The lowest BCUT2D eigenvalue weighted by Crippen LogP contribution is -2.45. The first-order valence-electron chi connectivity index (χ1n) is 10.7. The van der Waals surface area contributed by atoms with E-state index in [0.717, 1.165) is 4.31 Å². The number of carbonyl (C=O) groups is 2. The summed E-state index contributed by atoms with van der Waals surface area (Å²) >= 11 is 0. The molecular formula is C26H22N4O4S. The van der Waals surface area contributed by atoms with Crippen molar-refractivity contribution in [1.82, 2.24) is 4.31 Å². The monoisotopic (exact) mass is 486 g/mol. The van der Waals surface area contributed by atoms with E-state index >= 15 is 0 Å². The van der Waals surface area contributed by atoms with Gasteiger partial charge >= 0.3 is 0 Å². The summed E-state index contributed by atoms with van der Waals surface area (Å²) in [5.74, 6) is -1.96. The van der Waals surface area contributed by atoms with Gasteiger partial charge in [-0.05, 0) is 29.8 Å². The van der Waals surface area contributed by atoms with E-state index in [1.54, 1.807) is 60.7 Å². The molecule has 1 amide bonds. The number of carbonyl (C=O) groups excluding carboxylic acids is 2. The van der Waals surface area contributed by atoms with Gasteiger partial charge in [0.25, 0.3) is 10.0 Å². The minimum absolute atomic E-state index is 0.00363.